The lowest BCUT2D eigenvalue weighted by Crippen LogP contribution is -2.37. The summed E-state index contributed by atoms with van der Waals surface area (Å²) < 4.78 is 5.70. The smallest absolute Gasteiger partial charge is 0.225 e. The van der Waals surface area contributed by atoms with E-state index in [1.807, 2.05) is 49.4 Å². The molecule has 0 saturated carbocycles. The maximum atomic E-state index is 12.8. The number of benzene rings is 2. The lowest BCUT2D eigenvalue weighted by Gasteiger charge is -2.28. The third kappa shape index (κ3) is 3.82. The SMILES string of the molecule is Cc1ccc2c(c1)C(NC(=O)C1CC(=O)N(Cc3ccccc3)C1)CCO2. The number of fused-ring (bicyclic) bond motifs is 1. The topological polar surface area (TPSA) is 58.6 Å². The van der Waals surface area contributed by atoms with Crippen LogP contribution in [-0.2, 0) is 16.1 Å². The van der Waals surface area contributed by atoms with Crippen molar-refractivity contribution >= 4 is 11.8 Å². The lowest BCUT2D eigenvalue weighted by atomic mass is 9.97. The van der Waals surface area contributed by atoms with Crippen LogP contribution in [0.3, 0.4) is 0 Å². The maximum Gasteiger partial charge on any atom is 0.225 e. The van der Waals surface area contributed by atoms with Gasteiger partial charge in [0.05, 0.1) is 18.6 Å². The molecule has 2 aliphatic heterocycles. The Hall–Kier alpha value is -2.82. The Kier molecular flexibility index (Phi) is 4.84. The minimum atomic E-state index is -0.294. The Balaban J connectivity index is 1.41. The van der Waals surface area contributed by atoms with Crippen molar-refractivity contribution in [2.75, 3.05) is 13.2 Å². The molecular formula is C22H24N2O3. The standard InChI is InChI=1S/C22H24N2O3/c1-15-7-8-20-18(11-15)19(9-10-27-20)23-22(26)17-12-21(25)24(14-17)13-16-5-3-2-4-6-16/h2-8,11,17,19H,9-10,12-14H2,1H3,(H,23,26). The zero-order valence-corrected chi connectivity index (χ0v) is 15.5. The molecule has 2 atom stereocenters. The van der Waals surface area contributed by atoms with Crippen LogP contribution in [0.2, 0.25) is 0 Å². The fraction of sp³-hybridized carbons (Fsp3) is 0.364. The first-order valence-electron chi connectivity index (χ1n) is 9.45. The number of hydrogen-bond donors (Lipinski definition) is 1. The number of amides is 2. The van der Waals surface area contributed by atoms with Gasteiger partial charge < -0.3 is 15.0 Å². The summed E-state index contributed by atoms with van der Waals surface area (Å²) in [6, 6.07) is 15.9. The number of carbonyl (C=O) groups excluding carboxylic acids is 2. The number of likely N-dealkylation sites (tertiary alicyclic amines) is 1. The number of aryl methyl sites for hydroxylation is 1. The molecule has 2 aromatic carbocycles. The molecule has 0 spiro atoms. The average Bonchev–Trinajstić information content (AvgIpc) is 3.04. The second kappa shape index (κ2) is 7.43. The van der Waals surface area contributed by atoms with E-state index in [1.54, 1.807) is 4.90 Å². The van der Waals surface area contributed by atoms with Gasteiger partial charge in [0, 0.05) is 31.5 Å². The molecule has 4 rings (SSSR count). The average molecular weight is 364 g/mol. The van der Waals surface area contributed by atoms with Crippen molar-refractivity contribution in [2.24, 2.45) is 5.92 Å². The van der Waals surface area contributed by atoms with Gasteiger partial charge in [0.15, 0.2) is 0 Å². The van der Waals surface area contributed by atoms with Crippen LogP contribution in [0.5, 0.6) is 5.75 Å². The molecule has 2 amide bonds. The van der Waals surface area contributed by atoms with Crippen LogP contribution in [0.1, 0.15) is 35.6 Å². The van der Waals surface area contributed by atoms with Crippen LogP contribution < -0.4 is 10.1 Å². The van der Waals surface area contributed by atoms with E-state index in [1.165, 1.54) is 0 Å². The molecule has 140 valence electrons. The molecule has 2 unspecified atom stereocenters. The molecule has 1 fully saturated rings. The van der Waals surface area contributed by atoms with E-state index >= 15 is 0 Å². The minimum Gasteiger partial charge on any atom is -0.493 e. The van der Waals surface area contributed by atoms with Crippen molar-refractivity contribution in [2.45, 2.75) is 32.4 Å². The number of hydrogen-bond acceptors (Lipinski definition) is 3. The second-order valence-corrected chi connectivity index (χ2v) is 7.40. The molecule has 5 heteroatoms. The minimum absolute atomic E-state index is 0.0433. The van der Waals surface area contributed by atoms with E-state index in [0.29, 0.717) is 19.7 Å². The molecule has 2 heterocycles. The zero-order valence-electron chi connectivity index (χ0n) is 15.5. The summed E-state index contributed by atoms with van der Waals surface area (Å²) in [5, 5.41) is 3.15. The quantitative estimate of drug-likeness (QED) is 0.907. The Morgan fingerprint density at radius 2 is 2.04 bits per heavy atom. The largest absolute Gasteiger partial charge is 0.493 e. The molecular weight excluding hydrogens is 340 g/mol. The summed E-state index contributed by atoms with van der Waals surface area (Å²) in [5.74, 6) is 0.545. The van der Waals surface area contributed by atoms with Gasteiger partial charge in [-0.2, -0.15) is 0 Å². The fourth-order valence-electron chi connectivity index (χ4n) is 3.86. The predicted molar refractivity (Wildman–Crippen MR) is 102 cm³/mol. The summed E-state index contributed by atoms with van der Waals surface area (Å²) in [4.78, 5) is 27.0. The Morgan fingerprint density at radius 1 is 1.22 bits per heavy atom. The third-order valence-corrected chi connectivity index (χ3v) is 5.32. The molecule has 2 aliphatic rings. The first-order valence-corrected chi connectivity index (χ1v) is 9.45. The van der Waals surface area contributed by atoms with E-state index < -0.39 is 0 Å². The highest BCUT2D eigenvalue weighted by Crippen LogP contribution is 2.33. The van der Waals surface area contributed by atoms with E-state index in [-0.39, 0.29) is 30.2 Å². The van der Waals surface area contributed by atoms with Crippen molar-refractivity contribution in [1.82, 2.24) is 10.2 Å². The van der Waals surface area contributed by atoms with Gasteiger partial charge in [0.25, 0.3) is 0 Å². The summed E-state index contributed by atoms with van der Waals surface area (Å²) in [6.45, 7) is 3.65. The molecule has 5 nitrogen and oxygen atoms in total. The molecule has 27 heavy (non-hydrogen) atoms. The van der Waals surface area contributed by atoms with Gasteiger partial charge >= 0.3 is 0 Å². The van der Waals surface area contributed by atoms with Crippen molar-refractivity contribution in [3.8, 4) is 5.75 Å². The highest BCUT2D eigenvalue weighted by atomic mass is 16.5. The second-order valence-electron chi connectivity index (χ2n) is 7.40. The summed E-state index contributed by atoms with van der Waals surface area (Å²) >= 11 is 0. The van der Waals surface area contributed by atoms with Crippen LogP contribution in [0.15, 0.2) is 48.5 Å². The molecule has 0 aromatic heterocycles. The monoisotopic (exact) mass is 364 g/mol. The van der Waals surface area contributed by atoms with Crippen LogP contribution in [0, 0.1) is 12.8 Å². The van der Waals surface area contributed by atoms with Crippen molar-refractivity contribution in [3.63, 3.8) is 0 Å². The molecule has 0 bridgehead atoms. The highest BCUT2D eigenvalue weighted by molar-refractivity contribution is 5.89. The van der Waals surface area contributed by atoms with Crippen LogP contribution >= 0.6 is 0 Å². The van der Waals surface area contributed by atoms with E-state index in [0.717, 1.165) is 28.9 Å². The Labute approximate surface area is 159 Å². The molecule has 0 radical (unpaired) electrons. The molecule has 0 aliphatic carbocycles. The van der Waals surface area contributed by atoms with Gasteiger partial charge in [-0.15, -0.1) is 0 Å². The fourth-order valence-corrected chi connectivity index (χ4v) is 3.86. The summed E-state index contributed by atoms with van der Waals surface area (Å²) in [5.41, 5.74) is 3.25. The van der Waals surface area contributed by atoms with Crippen LogP contribution in [0.25, 0.3) is 0 Å². The van der Waals surface area contributed by atoms with E-state index in [4.69, 9.17) is 4.74 Å². The summed E-state index contributed by atoms with van der Waals surface area (Å²) in [6.07, 6.45) is 1.03. The number of ether oxygens (including phenoxy) is 1. The number of nitrogens with zero attached hydrogens (tertiary/aromatic N) is 1. The first-order chi connectivity index (χ1) is 13.1. The predicted octanol–water partition coefficient (Wildman–Crippen LogP) is 2.98. The van der Waals surface area contributed by atoms with Gasteiger partial charge in [0.1, 0.15) is 5.75 Å². The van der Waals surface area contributed by atoms with Crippen LogP contribution in [0.4, 0.5) is 0 Å². The van der Waals surface area contributed by atoms with Gasteiger partial charge in [-0.1, -0.05) is 48.0 Å². The zero-order chi connectivity index (χ0) is 18.8. The Morgan fingerprint density at radius 3 is 2.85 bits per heavy atom. The molecule has 2 aromatic rings. The lowest BCUT2D eigenvalue weighted by molar-refractivity contribution is -0.129. The van der Waals surface area contributed by atoms with Gasteiger partial charge in [0.2, 0.25) is 11.8 Å². The van der Waals surface area contributed by atoms with Crippen molar-refractivity contribution in [1.29, 1.82) is 0 Å². The Bertz CT molecular complexity index is 850. The van der Waals surface area contributed by atoms with Crippen molar-refractivity contribution in [3.05, 3.63) is 65.2 Å². The highest BCUT2D eigenvalue weighted by Gasteiger charge is 2.35. The summed E-state index contributed by atoms with van der Waals surface area (Å²) in [7, 11) is 0. The number of nitrogens with one attached hydrogen (secondary N) is 1. The molecule has 1 saturated heterocycles. The third-order valence-electron chi connectivity index (χ3n) is 5.32. The molecule has 1 N–H and O–H groups in total. The maximum absolute atomic E-state index is 12.8. The van der Waals surface area contributed by atoms with Gasteiger partial charge in [-0.05, 0) is 18.6 Å². The van der Waals surface area contributed by atoms with Crippen LogP contribution in [-0.4, -0.2) is 29.9 Å². The van der Waals surface area contributed by atoms with Crippen molar-refractivity contribution < 1.29 is 14.3 Å². The number of carbonyl (C=O) groups is 2. The number of rotatable bonds is 4. The van der Waals surface area contributed by atoms with E-state index in [9.17, 15) is 9.59 Å². The first kappa shape index (κ1) is 17.6. The van der Waals surface area contributed by atoms with E-state index in [2.05, 4.69) is 11.4 Å². The van der Waals surface area contributed by atoms with Gasteiger partial charge in [-0.25, -0.2) is 0 Å². The van der Waals surface area contributed by atoms with Gasteiger partial charge in [-0.3, -0.25) is 9.59 Å². The normalized spacial score (nSPS) is 21.5.